The van der Waals surface area contributed by atoms with Gasteiger partial charge in [-0.15, -0.1) is 0 Å². The summed E-state index contributed by atoms with van der Waals surface area (Å²) in [6.07, 6.45) is -0.0976. The summed E-state index contributed by atoms with van der Waals surface area (Å²) in [4.78, 5) is 12.1. The van der Waals surface area contributed by atoms with Crippen LogP contribution in [0.15, 0.2) is 42.5 Å². The second-order valence-electron chi connectivity index (χ2n) is 5.86. The van der Waals surface area contributed by atoms with Gasteiger partial charge < -0.3 is 15.7 Å². The number of halogens is 1. The molecule has 0 saturated heterocycles. The molecular weight excluding hydrogens is 295 g/mol. The fraction of sp³-hybridized carbons (Fsp3) is 0.278. The van der Waals surface area contributed by atoms with E-state index in [1.165, 1.54) is 6.07 Å². The number of hydrogen-bond donors (Lipinski definition) is 3. The summed E-state index contributed by atoms with van der Waals surface area (Å²) < 4.78 is 13.5. The van der Waals surface area contributed by atoms with Gasteiger partial charge in [0.25, 0.3) is 0 Å². The van der Waals surface area contributed by atoms with E-state index in [4.69, 9.17) is 0 Å². The number of benzene rings is 2. The highest BCUT2D eigenvalue weighted by atomic mass is 19.1. The van der Waals surface area contributed by atoms with E-state index in [9.17, 15) is 14.3 Å². The van der Waals surface area contributed by atoms with Crippen LogP contribution in [-0.2, 0) is 13.0 Å². The first-order valence-corrected chi connectivity index (χ1v) is 7.60. The molecule has 23 heavy (non-hydrogen) atoms. The van der Waals surface area contributed by atoms with Crippen LogP contribution in [0.3, 0.4) is 0 Å². The SMILES string of the molecule is Cc1ccc(CNC(=O)NC2c3ccccc3CC2O)cc1F. The molecule has 0 heterocycles. The van der Waals surface area contributed by atoms with E-state index in [2.05, 4.69) is 10.6 Å². The van der Waals surface area contributed by atoms with Gasteiger partial charge in [0.05, 0.1) is 12.1 Å². The summed E-state index contributed by atoms with van der Waals surface area (Å²) in [5.41, 5.74) is 3.25. The molecule has 2 atom stereocenters. The molecule has 4 nitrogen and oxygen atoms in total. The van der Waals surface area contributed by atoms with Crippen molar-refractivity contribution in [3.63, 3.8) is 0 Å². The maximum atomic E-state index is 13.5. The number of rotatable bonds is 3. The fourth-order valence-corrected chi connectivity index (χ4v) is 2.87. The Hall–Kier alpha value is -2.40. The number of nitrogens with one attached hydrogen (secondary N) is 2. The molecule has 5 heteroatoms. The van der Waals surface area contributed by atoms with Crippen LogP contribution in [0.1, 0.15) is 28.3 Å². The molecule has 0 radical (unpaired) electrons. The van der Waals surface area contributed by atoms with E-state index in [0.717, 1.165) is 11.1 Å². The normalized spacial score (nSPS) is 19.3. The zero-order valence-corrected chi connectivity index (χ0v) is 12.8. The van der Waals surface area contributed by atoms with Gasteiger partial charge in [0, 0.05) is 13.0 Å². The van der Waals surface area contributed by atoms with Crippen molar-refractivity contribution >= 4 is 6.03 Å². The monoisotopic (exact) mass is 314 g/mol. The number of aliphatic hydroxyl groups excluding tert-OH is 1. The first-order valence-electron chi connectivity index (χ1n) is 7.60. The van der Waals surface area contributed by atoms with Crippen molar-refractivity contribution in [1.29, 1.82) is 0 Å². The van der Waals surface area contributed by atoms with Gasteiger partial charge in [-0.05, 0) is 35.2 Å². The lowest BCUT2D eigenvalue weighted by Crippen LogP contribution is -2.40. The van der Waals surface area contributed by atoms with Crippen LogP contribution in [0.2, 0.25) is 0 Å². The molecule has 2 aromatic rings. The molecule has 0 fully saturated rings. The minimum absolute atomic E-state index is 0.230. The number of carbonyl (C=O) groups is 1. The molecule has 0 saturated carbocycles. The Morgan fingerprint density at radius 2 is 2.09 bits per heavy atom. The Balaban J connectivity index is 1.60. The quantitative estimate of drug-likeness (QED) is 0.815. The third kappa shape index (κ3) is 3.35. The number of fused-ring (bicyclic) bond motifs is 1. The number of carbonyl (C=O) groups excluding carboxylic acids is 1. The number of aryl methyl sites for hydroxylation is 1. The molecule has 0 bridgehead atoms. The minimum atomic E-state index is -0.630. The van der Waals surface area contributed by atoms with Crippen LogP contribution in [-0.4, -0.2) is 17.2 Å². The van der Waals surface area contributed by atoms with Crippen molar-refractivity contribution in [2.45, 2.75) is 32.0 Å². The number of aliphatic hydroxyl groups is 1. The molecule has 0 spiro atoms. The number of hydrogen-bond acceptors (Lipinski definition) is 2. The lowest BCUT2D eigenvalue weighted by atomic mass is 10.1. The van der Waals surface area contributed by atoms with Gasteiger partial charge in [0.1, 0.15) is 5.82 Å². The van der Waals surface area contributed by atoms with Crippen LogP contribution in [0, 0.1) is 12.7 Å². The highest BCUT2D eigenvalue weighted by Gasteiger charge is 2.31. The van der Waals surface area contributed by atoms with E-state index in [0.29, 0.717) is 17.5 Å². The third-order valence-electron chi connectivity index (χ3n) is 4.18. The van der Waals surface area contributed by atoms with Crippen LogP contribution < -0.4 is 10.6 Å². The maximum absolute atomic E-state index is 13.5. The van der Waals surface area contributed by atoms with E-state index >= 15 is 0 Å². The second kappa shape index (κ2) is 6.38. The summed E-state index contributed by atoms with van der Waals surface area (Å²) in [5, 5.41) is 15.6. The summed E-state index contributed by atoms with van der Waals surface area (Å²) in [6.45, 7) is 1.92. The van der Waals surface area contributed by atoms with Crippen molar-refractivity contribution in [2.75, 3.05) is 0 Å². The van der Waals surface area contributed by atoms with Gasteiger partial charge in [-0.1, -0.05) is 36.4 Å². The number of urea groups is 1. The van der Waals surface area contributed by atoms with Gasteiger partial charge >= 0.3 is 6.03 Å². The highest BCUT2D eigenvalue weighted by Crippen LogP contribution is 2.31. The molecule has 2 unspecified atom stereocenters. The highest BCUT2D eigenvalue weighted by molar-refractivity contribution is 5.74. The number of amides is 2. The lowest BCUT2D eigenvalue weighted by molar-refractivity contribution is 0.142. The first-order chi connectivity index (χ1) is 11.0. The third-order valence-corrected chi connectivity index (χ3v) is 4.18. The Morgan fingerprint density at radius 3 is 2.87 bits per heavy atom. The van der Waals surface area contributed by atoms with Gasteiger partial charge in [0.15, 0.2) is 0 Å². The minimum Gasteiger partial charge on any atom is -0.390 e. The van der Waals surface area contributed by atoms with Crippen molar-refractivity contribution < 1.29 is 14.3 Å². The molecular formula is C18H19FN2O2. The summed E-state index contributed by atoms with van der Waals surface area (Å²) in [7, 11) is 0. The van der Waals surface area contributed by atoms with Crippen molar-refractivity contribution in [2.24, 2.45) is 0 Å². The molecule has 3 N–H and O–H groups in total. The van der Waals surface area contributed by atoms with E-state index in [1.54, 1.807) is 19.1 Å². The van der Waals surface area contributed by atoms with Crippen LogP contribution in [0.5, 0.6) is 0 Å². The standard InChI is InChI=1S/C18H19FN2O2/c1-11-6-7-12(8-15(11)19)10-20-18(23)21-17-14-5-3-2-4-13(14)9-16(17)22/h2-8,16-17,22H,9-10H2,1H3,(H2,20,21,23). The van der Waals surface area contributed by atoms with Crippen molar-refractivity contribution in [3.05, 3.63) is 70.5 Å². The van der Waals surface area contributed by atoms with Gasteiger partial charge in [0.2, 0.25) is 0 Å². The topological polar surface area (TPSA) is 61.4 Å². The predicted octanol–water partition coefficient (Wildman–Crippen LogP) is 2.59. The van der Waals surface area contributed by atoms with Gasteiger partial charge in [-0.25, -0.2) is 9.18 Å². The summed E-state index contributed by atoms with van der Waals surface area (Å²) in [5.74, 6) is -0.287. The molecule has 1 aliphatic carbocycles. The van der Waals surface area contributed by atoms with Gasteiger partial charge in [-0.2, -0.15) is 0 Å². The van der Waals surface area contributed by atoms with Crippen LogP contribution in [0.25, 0.3) is 0 Å². The Kier molecular flexibility index (Phi) is 4.30. The first kappa shape index (κ1) is 15.5. The van der Waals surface area contributed by atoms with Crippen molar-refractivity contribution in [1.82, 2.24) is 10.6 Å². The van der Waals surface area contributed by atoms with Gasteiger partial charge in [-0.3, -0.25) is 0 Å². The van der Waals surface area contributed by atoms with Crippen LogP contribution >= 0.6 is 0 Å². The Morgan fingerprint density at radius 1 is 1.30 bits per heavy atom. The Labute approximate surface area is 134 Å². The molecule has 0 aromatic heterocycles. The smallest absolute Gasteiger partial charge is 0.315 e. The largest absolute Gasteiger partial charge is 0.390 e. The zero-order chi connectivity index (χ0) is 16.4. The molecule has 3 rings (SSSR count). The molecule has 0 aliphatic heterocycles. The zero-order valence-electron chi connectivity index (χ0n) is 12.8. The van der Waals surface area contributed by atoms with Crippen molar-refractivity contribution in [3.8, 4) is 0 Å². The summed E-state index contributed by atoms with van der Waals surface area (Å²) >= 11 is 0. The van der Waals surface area contributed by atoms with E-state index in [-0.39, 0.29) is 18.4 Å². The molecule has 1 aliphatic rings. The molecule has 120 valence electrons. The second-order valence-corrected chi connectivity index (χ2v) is 5.86. The van der Waals surface area contributed by atoms with E-state index in [1.807, 2.05) is 24.3 Å². The molecule has 2 aromatic carbocycles. The molecule has 2 amide bonds. The van der Waals surface area contributed by atoms with Crippen LogP contribution in [0.4, 0.5) is 9.18 Å². The average molecular weight is 314 g/mol. The predicted molar refractivity (Wildman–Crippen MR) is 85.4 cm³/mol. The fourth-order valence-electron chi connectivity index (χ4n) is 2.87. The maximum Gasteiger partial charge on any atom is 0.315 e. The van der Waals surface area contributed by atoms with E-state index < -0.39 is 12.1 Å². The average Bonchev–Trinajstić information content (AvgIpc) is 2.84. The lowest BCUT2D eigenvalue weighted by Gasteiger charge is -2.18. The summed E-state index contributed by atoms with van der Waals surface area (Å²) in [6, 6.07) is 11.7. The Bertz CT molecular complexity index is 733.